The summed E-state index contributed by atoms with van der Waals surface area (Å²) in [5, 5.41) is 0. The van der Waals surface area contributed by atoms with E-state index in [2.05, 4.69) is 87.5 Å². The van der Waals surface area contributed by atoms with Crippen molar-refractivity contribution in [2.45, 2.75) is 65.2 Å². The SMILES string of the molecule is CCc1ccc(CC2c3ccc(C)cc3CCC2CCc2ccc(C)cc2)cc1. The number of hydrogen-bond donors (Lipinski definition) is 0. The summed E-state index contributed by atoms with van der Waals surface area (Å²) in [5.41, 5.74) is 10.3. The van der Waals surface area contributed by atoms with E-state index < -0.39 is 0 Å². The Balaban J connectivity index is 1.56. The molecule has 0 heteroatoms. The first-order chi connectivity index (χ1) is 14.1. The van der Waals surface area contributed by atoms with Crippen LogP contribution < -0.4 is 0 Å². The number of rotatable bonds is 6. The average Bonchev–Trinajstić information content (AvgIpc) is 2.74. The largest absolute Gasteiger partial charge is 0.0613 e. The lowest BCUT2D eigenvalue weighted by Gasteiger charge is -2.34. The van der Waals surface area contributed by atoms with E-state index in [4.69, 9.17) is 0 Å². The first-order valence-corrected chi connectivity index (χ1v) is 11.3. The smallest absolute Gasteiger partial charge is 0.00902 e. The maximum absolute atomic E-state index is 2.43. The molecular formula is C29H34. The molecule has 4 rings (SSSR count). The van der Waals surface area contributed by atoms with E-state index in [-0.39, 0.29) is 0 Å². The molecule has 0 fully saturated rings. The van der Waals surface area contributed by atoms with Crippen molar-refractivity contribution in [1.82, 2.24) is 0 Å². The highest BCUT2D eigenvalue weighted by atomic mass is 14.3. The Bertz CT molecular complexity index is 931. The molecule has 29 heavy (non-hydrogen) atoms. The van der Waals surface area contributed by atoms with Gasteiger partial charge in [-0.1, -0.05) is 84.8 Å². The van der Waals surface area contributed by atoms with Crippen molar-refractivity contribution in [3.05, 3.63) is 106 Å². The van der Waals surface area contributed by atoms with Crippen molar-refractivity contribution in [1.29, 1.82) is 0 Å². The van der Waals surface area contributed by atoms with Gasteiger partial charge in [-0.15, -0.1) is 0 Å². The Morgan fingerprint density at radius 2 is 1.41 bits per heavy atom. The number of fused-ring (bicyclic) bond motifs is 1. The van der Waals surface area contributed by atoms with Gasteiger partial charge in [0.15, 0.2) is 0 Å². The van der Waals surface area contributed by atoms with E-state index in [1.165, 1.54) is 59.9 Å². The molecular weight excluding hydrogens is 348 g/mol. The van der Waals surface area contributed by atoms with Gasteiger partial charge in [0.1, 0.15) is 0 Å². The summed E-state index contributed by atoms with van der Waals surface area (Å²) in [6, 6.07) is 25.6. The van der Waals surface area contributed by atoms with E-state index >= 15 is 0 Å². The van der Waals surface area contributed by atoms with Gasteiger partial charge in [0.2, 0.25) is 0 Å². The quantitative estimate of drug-likeness (QED) is 0.417. The van der Waals surface area contributed by atoms with Crippen molar-refractivity contribution in [2.24, 2.45) is 5.92 Å². The number of aryl methyl sites for hydroxylation is 5. The molecule has 2 atom stereocenters. The lowest BCUT2D eigenvalue weighted by atomic mass is 9.70. The maximum atomic E-state index is 2.43. The first-order valence-electron chi connectivity index (χ1n) is 11.3. The molecule has 3 aromatic carbocycles. The molecule has 2 unspecified atom stereocenters. The van der Waals surface area contributed by atoms with Crippen LogP contribution in [0, 0.1) is 19.8 Å². The zero-order chi connectivity index (χ0) is 20.2. The fourth-order valence-corrected chi connectivity index (χ4v) is 5.00. The molecule has 150 valence electrons. The van der Waals surface area contributed by atoms with Crippen LogP contribution in [0.4, 0.5) is 0 Å². The van der Waals surface area contributed by atoms with Crippen LogP contribution in [-0.4, -0.2) is 0 Å². The minimum atomic E-state index is 0.636. The van der Waals surface area contributed by atoms with Gasteiger partial charge in [-0.3, -0.25) is 0 Å². The fourth-order valence-electron chi connectivity index (χ4n) is 5.00. The van der Waals surface area contributed by atoms with E-state index in [1.54, 1.807) is 11.1 Å². The summed E-state index contributed by atoms with van der Waals surface area (Å²) in [7, 11) is 0. The highest BCUT2D eigenvalue weighted by Gasteiger charge is 2.29. The first kappa shape index (κ1) is 20.0. The standard InChI is InChI=1S/C29H34/c1-4-23-10-12-25(13-11-23)20-29-26(15-14-24-8-5-21(2)6-9-24)16-17-27-19-22(3)7-18-28(27)29/h5-13,18-19,26,29H,4,14-17,20H2,1-3H3. The second-order valence-electron chi connectivity index (χ2n) is 9.01. The Labute approximate surface area is 177 Å². The second-order valence-corrected chi connectivity index (χ2v) is 9.01. The van der Waals surface area contributed by atoms with Crippen LogP contribution in [0.1, 0.15) is 64.6 Å². The second kappa shape index (κ2) is 8.99. The summed E-state index contributed by atoms with van der Waals surface area (Å²) in [6.07, 6.45) is 7.32. The van der Waals surface area contributed by atoms with E-state index in [1.807, 2.05) is 0 Å². The van der Waals surface area contributed by atoms with Crippen LogP contribution in [0.2, 0.25) is 0 Å². The minimum Gasteiger partial charge on any atom is -0.0613 e. The molecule has 0 aromatic heterocycles. The van der Waals surface area contributed by atoms with Crippen LogP contribution >= 0.6 is 0 Å². The summed E-state index contributed by atoms with van der Waals surface area (Å²) < 4.78 is 0. The molecule has 0 saturated carbocycles. The van der Waals surface area contributed by atoms with Gasteiger partial charge in [0, 0.05) is 0 Å². The van der Waals surface area contributed by atoms with Crippen LogP contribution in [-0.2, 0) is 25.7 Å². The molecule has 0 radical (unpaired) electrons. The zero-order valence-corrected chi connectivity index (χ0v) is 18.2. The highest BCUT2D eigenvalue weighted by molar-refractivity contribution is 5.38. The van der Waals surface area contributed by atoms with Gasteiger partial charge in [-0.05, 0) is 92.0 Å². The Morgan fingerprint density at radius 3 is 2.14 bits per heavy atom. The summed E-state index contributed by atoms with van der Waals surface area (Å²) in [4.78, 5) is 0. The predicted molar refractivity (Wildman–Crippen MR) is 125 cm³/mol. The van der Waals surface area contributed by atoms with Gasteiger partial charge in [0.05, 0.1) is 0 Å². The third-order valence-electron chi connectivity index (χ3n) is 6.86. The fraction of sp³-hybridized carbons (Fsp3) is 0.379. The molecule has 0 amide bonds. The van der Waals surface area contributed by atoms with Gasteiger partial charge in [-0.25, -0.2) is 0 Å². The van der Waals surface area contributed by atoms with E-state index in [0.717, 1.165) is 12.3 Å². The van der Waals surface area contributed by atoms with Gasteiger partial charge in [0.25, 0.3) is 0 Å². The minimum absolute atomic E-state index is 0.636. The third kappa shape index (κ3) is 4.81. The molecule has 0 nitrogen and oxygen atoms in total. The van der Waals surface area contributed by atoms with Gasteiger partial charge in [-0.2, -0.15) is 0 Å². The normalized spacial score (nSPS) is 18.4. The van der Waals surface area contributed by atoms with Crippen molar-refractivity contribution in [3.63, 3.8) is 0 Å². The molecule has 0 bridgehead atoms. The molecule has 0 N–H and O–H groups in total. The van der Waals surface area contributed by atoms with Crippen molar-refractivity contribution >= 4 is 0 Å². The summed E-state index contributed by atoms with van der Waals surface area (Å²) in [6.45, 7) is 6.63. The van der Waals surface area contributed by atoms with Gasteiger partial charge >= 0.3 is 0 Å². The Morgan fingerprint density at radius 1 is 0.759 bits per heavy atom. The van der Waals surface area contributed by atoms with Crippen LogP contribution in [0.25, 0.3) is 0 Å². The lowest BCUT2D eigenvalue weighted by Crippen LogP contribution is -2.23. The predicted octanol–water partition coefficient (Wildman–Crippen LogP) is 7.39. The summed E-state index contributed by atoms with van der Waals surface area (Å²) in [5.74, 6) is 1.40. The third-order valence-corrected chi connectivity index (χ3v) is 6.86. The van der Waals surface area contributed by atoms with Crippen LogP contribution in [0.5, 0.6) is 0 Å². The van der Waals surface area contributed by atoms with Crippen LogP contribution in [0.15, 0.2) is 66.7 Å². The summed E-state index contributed by atoms with van der Waals surface area (Å²) >= 11 is 0. The highest BCUT2D eigenvalue weighted by Crippen LogP contribution is 2.41. The van der Waals surface area contributed by atoms with Crippen LogP contribution in [0.3, 0.4) is 0 Å². The van der Waals surface area contributed by atoms with Gasteiger partial charge < -0.3 is 0 Å². The van der Waals surface area contributed by atoms with Crippen molar-refractivity contribution in [3.8, 4) is 0 Å². The molecule has 0 spiro atoms. The Kier molecular flexibility index (Phi) is 6.19. The molecule has 1 aliphatic carbocycles. The topological polar surface area (TPSA) is 0 Å². The molecule has 0 heterocycles. The van der Waals surface area contributed by atoms with Crippen molar-refractivity contribution in [2.75, 3.05) is 0 Å². The number of benzene rings is 3. The molecule has 0 aliphatic heterocycles. The Hall–Kier alpha value is -2.34. The molecule has 3 aromatic rings. The van der Waals surface area contributed by atoms with E-state index in [9.17, 15) is 0 Å². The molecule has 0 saturated heterocycles. The number of hydrogen-bond acceptors (Lipinski definition) is 0. The lowest BCUT2D eigenvalue weighted by molar-refractivity contribution is 0.346. The van der Waals surface area contributed by atoms with E-state index in [0.29, 0.717) is 5.92 Å². The van der Waals surface area contributed by atoms with Crippen molar-refractivity contribution < 1.29 is 0 Å². The molecule has 1 aliphatic rings. The average molecular weight is 383 g/mol. The maximum Gasteiger partial charge on any atom is -0.00902 e. The zero-order valence-electron chi connectivity index (χ0n) is 18.2. The monoisotopic (exact) mass is 382 g/mol.